The minimum absolute atomic E-state index is 0.0218. The zero-order valence-corrected chi connectivity index (χ0v) is 19.8. The fourth-order valence-electron chi connectivity index (χ4n) is 3.38. The molecule has 0 heterocycles. The summed E-state index contributed by atoms with van der Waals surface area (Å²) < 4.78 is 21.4. The van der Waals surface area contributed by atoms with Gasteiger partial charge >= 0.3 is 0 Å². The number of benzene rings is 2. The van der Waals surface area contributed by atoms with E-state index in [1.54, 1.807) is 33.3 Å². The lowest BCUT2D eigenvalue weighted by Gasteiger charge is -2.30. The second-order valence-electron chi connectivity index (χ2n) is 7.50. The third-order valence-corrected chi connectivity index (χ3v) is 5.80. The number of likely N-dealkylation sites (N-methyl/N-ethyl adjacent to an activating group) is 2. The molecule has 0 radical (unpaired) electrons. The average Bonchev–Trinajstić information content (AvgIpc) is 2.81. The van der Waals surface area contributed by atoms with E-state index in [4.69, 9.17) is 18.9 Å². The Morgan fingerprint density at radius 3 is 1.58 bits per heavy atom. The highest BCUT2D eigenvalue weighted by molar-refractivity contribution is 5.78. The van der Waals surface area contributed by atoms with Crippen LogP contribution in [0.1, 0.15) is 37.1 Å². The normalized spacial score (nSPS) is 12.8. The van der Waals surface area contributed by atoms with Gasteiger partial charge < -0.3 is 23.8 Å². The van der Waals surface area contributed by atoms with Crippen molar-refractivity contribution in [3.8, 4) is 23.0 Å². The number of hydrogen-bond donors (Lipinski definition) is 0. The molecule has 2 rings (SSSR count). The second-order valence-corrected chi connectivity index (χ2v) is 7.50. The predicted octanol–water partition coefficient (Wildman–Crippen LogP) is 3.93. The van der Waals surface area contributed by atoms with E-state index < -0.39 is 0 Å². The number of nitrogens with zero attached hydrogens (tertiary/aromatic N) is 2. The molecule has 0 aromatic heterocycles. The van der Waals surface area contributed by atoms with E-state index in [0.717, 1.165) is 11.1 Å². The number of methoxy groups -OCH3 is 4. The van der Waals surface area contributed by atoms with E-state index in [1.165, 1.54) is 0 Å². The van der Waals surface area contributed by atoms with Gasteiger partial charge in [-0.05, 0) is 56.3 Å². The van der Waals surface area contributed by atoms with Crippen LogP contribution in [-0.4, -0.2) is 64.8 Å². The van der Waals surface area contributed by atoms with E-state index >= 15 is 0 Å². The van der Waals surface area contributed by atoms with Gasteiger partial charge in [-0.3, -0.25) is 9.69 Å². The largest absolute Gasteiger partial charge is 0.493 e. The van der Waals surface area contributed by atoms with Gasteiger partial charge in [0.2, 0.25) is 5.91 Å². The van der Waals surface area contributed by atoms with Crippen LogP contribution in [0.3, 0.4) is 0 Å². The minimum atomic E-state index is -0.114. The smallest absolute Gasteiger partial charge is 0.237 e. The van der Waals surface area contributed by atoms with Gasteiger partial charge in [0.05, 0.1) is 41.0 Å². The van der Waals surface area contributed by atoms with Crippen molar-refractivity contribution in [2.75, 3.05) is 49.1 Å². The molecule has 0 aliphatic heterocycles. The molecule has 0 aliphatic rings. The first-order valence-corrected chi connectivity index (χ1v) is 10.2. The summed E-state index contributed by atoms with van der Waals surface area (Å²) in [6, 6.07) is 11.4. The van der Waals surface area contributed by atoms with Crippen LogP contribution >= 0.6 is 0 Å². The van der Waals surface area contributed by atoms with Gasteiger partial charge in [0.15, 0.2) is 23.0 Å². The molecule has 1 amide bonds. The third kappa shape index (κ3) is 5.61. The number of rotatable bonds is 10. The van der Waals surface area contributed by atoms with E-state index in [0.29, 0.717) is 23.0 Å². The fraction of sp³-hybridized carbons (Fsp3) is 0.458. The van der Waals surface area contributed by atoms with Gasteiger partial charge in [0.25, 0.3) is 0 Å². The van der Waals surface area contributed by atoms with E-state index in [1.807, 2.05) is 62.3 Å². The molecule has 31 heavy (non-hydrogen) atoms. The topological polar surface area (TPSA) is 60.5 Å². The lowest BCUT2D eigenvalue weighted by Crippen LogP contribution is -2.38. The summed E-state index contributed by atoms with van der Waals surface area (Å²) in [6.45, 7) is 4.34. The van der Waals surface area contributed by atoms with Gasteiger partial charge in [-0.2, -0.15) is 0 Å². The number of ether oxygens (including phenoxy) is 4. The molecule has 0 saturated heterocycles. The van der Waals surface area contributed by atoms with Gasteiger partial charge in [0.1, 0.15) is 0 Å². The molecule has 7 heteroatoms. The van der Waals surface area contributed by atoms with E-state index in [9.17, 15) is 4.79 Å². The standard InChI is InChI=1S/C24H34N2O5/c1-16(18-9-11-20(28-5)22(13-18)30-7)25(3)15-24(27)26(4)17(2)19-10-12-21(29-6)23(14-19)31-8/h9-14,16-17H,15H2,1-8H3/t16-,17+/m0/s1. The van der Waals surface area contributed by atoms with Crippen LogP contribution in [0, 0.1) is 0 Å². The highest BCUT2D eigenvalue weighted by Crippen LogP contribution is 2.33. The Morgan fingerprint density at radius 2 is 1.16 bits per heavy atom. The zero-order chi connectivity index (χ0) is 23.1. The number of carbonyl (C=O) groups is 1. The molecule has 170 valence electrons. The molecule has 0 aliphatic carbocycles. The van der Waals surface area contributed by atoms with Gasteiger partial charge in [0, 0.05) is 13.1 Å². The van der Waals surface area contributed by atoms with Crippen LogP contribution in [0.4, 0.5) is 0 Å². The van der Waals surface area contributed by atoms with Crippen molar-refractivity contribution < 1.29 is 23.7 Å². The molecule has 0 N–H and O–H groups in total. The molecule has 0 fully saturated rings. The van der Waals surface area contributed by atoms with Crippen LogP contribution < -0.4 is 18.9 Å². The lowest BCUT2D eigenvalue weighted by atomic mass is 10.1. The Hall–Kier alpha value is -2.93. The third-order valence-electron chi connectivity index (χ3n) is 5.80. The summed E-state index contributed by atoms with van der Waals surface area (Å²) in [5.41, 5.74) is 2.02. The molecule has 0 bridgehead atoms. The fourth-order valence-corrected chi connectivity index (χ4v) is 3.38. The molecule has 2 aromatic carbocycles. The summed E-state index contributed by atoms with van der Waals surface area (Å²) >= 11 is 0. The first kappa shape index (κ1) is 24.3. The quantitative estimate of drug-likeness (QED) is 0.569. The highest BCUT2D eigenvalue weighted by atomic mass is 16.5. The molecular formula is C24H34N2O5. The Morgan fingerprint density at radius 1 is 0.742 bits per heavy atom. The van der Waals surface area contributed by atoms with Gasteiger partial charge in [-0.15, -0.1) is 0 Å². The Bertz CT molecular complexity index is 886. The predicted molar refractivity (Wildman–Crippen MR) is 121 cm³/mol. The van der Waals surface area contributed by atoms with Gasteiger partial charge in [-0.25, -0.2) is 0 Å². The number of amides is 1. The lowest BCUT2D eigenvalue weighted by molar-refractivity contribution is -0.133. The first-order valence-electron chi connectivity index (χ1n) is 10.2. The number of hydrogen-bond acceptors (Lipinski definition) is 6. The molecule has 2 aromatic rings. The van der Waals surface area contributed by atoms with E-state index in [2.05, 4.69) is 6.92 Å². The molecule has 0 unspecified atom stereocenters. The van der Waals surface area contributed by atoms with Crippen molar-refractivity contribution in [3.05, 3.63) is 47.5 Å². The van der Waals surface area contributed by atoms with Crippen molar-refractivity contribution in [2.24, 2.45) is 0 Å². The monoisotopic (exact) mass is 430 g/mol. The maximum absolute atomic E-state index is 13.0. The van der Waals surface area contributed by atoms with Crippen molar-refractivity contribution >= 4 is 5.91 Å². The summed E-state index contributed by atoms with van der Waals surface area (Å²) in [4.78, 5) is 16.8. The summed E-state index contributed by atoms with van der Waals surface area (Å²) in [5, 5.41) is 0. The average molecular weight is 431 g/mol. The van der Waals surface area contributed by atoms with Crippen LogP contribution in [0.15, 0.2) is 36.4 Å². The van der Waals surface area contributed by atoms with Gasteiger partial charge in [-0.1, -0.05) is 12.1 Å². The summed E-state index contributed by atoms with van der Waals surface area (Å²) in [5.74, 6) is 2.69. The summed E-state index contributed by atoms with van der Waals surface area (Å²) in [6.07, 6.45) is 0. The Balaban J connectivity index is 2.09. The molecule has 0 spiro atoms. The van der Waals surface area contributed by atoms with E-state index in [-0.39, 0.29) is 24.5 Å². The molecule has 0 saturated carbocycles. The van der Waals surface area contributed by atoms with Crippen LogP contribution in [0.25, 0.3) is 0 Å². The Kier molecular flexibility index (Phi) is 8.56. The SMILES string of the molecule is COc1ccc([C@@H](C)N(C)C(=O)CN(C)[C@@H](C)c2ccc(OC)c(OC)c2)cc1OC. The zero-order valence-electron chi connectivity index (χ0n) is 19.8. The first-order chi connectivity index (χ1) is 14.8. The van der Waals surface area contributed by atoms with Crippen LogP contribution in [0.5, 0.6) is 23.0 Å². The summed E-state index contributed by atoms with van der Waals surface area (Å²) in [7, 11) is 10.2. The number of carbonyl (C=O) groups excluding carboxylic acids is 1. The highest BCUT2D eigenvalue weighted by Gasteiger charge is 2.23. The minimum Gasteiger partial charge on any atom is -0.493 e. The van der Waals surface area contributed by atoms with Crippen LogP contribution in [-0.2, 0) is 4.79 Å². The van der Waals surface area contributed by atoms with Crippen molar-refractivity contribution in [1.82, 2.24) is 9.80 Å². The van der Waals surface area contributed by atoms with Crippen molar-refractivity contribution in [3.63, 3.8) is 0 Å². The second kappa shape index (κ2) is 10.9. The molecular weight excluding hydrogens is 396 g/mol. The maximum Gasteiger partial charge on any atom is 0.237 e. The molecule has 2 atom stereocenters. The maximum atomic E-state index is 13.0. The van der Waals surface area contributed by atoms with Crippen molar-refractivity contribution in [1.29, 1.82) is 0 Å². The van der Waals surface area contributed by atoms with Crippen molar-refractivity contribution in [2.45, 2.75) is 25.9 Å². The molecule has 7 nitrogen and oxygen atoms in total. The Labute approximate surface area is 185 Å². The van der Waals surface area contributed by atoms with Crippen LogP contribution in [0.2, 0.25) is 0 Å².